The third-order valence-corrected chi connectivity index (χ3v) is 4.37. The molecule has 0 radical (unpaired) electrons. The Morgan fingerprint density at radius 3 is 3.09 bits per heavy atom. The Morgan fingerprint density at radius 1 is 1.26 bits per heavy atom. The van der Waals surface area contributed by atoms with Gasteiger partial charge in [-0.1, -0.05) is 17.7 Å². The van der Waals surface area contributed by atoms with E-state index in [1.54, 1.807) is 6.20 Å². The van der Waals surface area contributed by atoms with E-state index in [2.05, 4.69) is 41.5 Å². The molecule has 0 unspecified atom stereocenters. The number of pyridine rings is 1. The molecule has 4 heteroatoms. The number of fused-ring (bicyclic) bond motifs is 1. The van der Waals surface area contributed by atoms with Crippen molar-refractivity contribution in [1.29, 1.82) is 0 Å². The molecule has 0 bridgehead atoms. The van der Waals surface area contributed by atoms with Crippen LogP contribution in [-0.2, 0) is 11.3 Å². The van der Waals surface area contributed by atoms with Crippen LogP contribution in [0.1, 0.15) is 29.4 Å². The number of nitrogens with one attached hydrogen (secondary N) is 1. The minimum atomic E-state index is 0.0651. The molecular weight excluding hydrogens is 288 g/mol. The van der Waals surface area contributed by atoms with Gasteiger partial charge < -0.3 is 14.5 Å². The van der Waals surface area contributed by atoms with Gasteiger partial charge in [-0.3, -0.25) is 4.98 Å². The number of ether oxygens (including phenoxy) is 1. The van der Waals surface area contributed by atoms with E-state index < -0.39 is 0 Å². The topological polar surface area (TPSA) is 47.3 Å². The van der Waals surface area contributed by atoms with Crippen molar-refractivity contribution < 1.29 is 9.15 Å². The maximum Gasteiger partial charge on any atom is 0.134 e. The van der Waals surface area contributed by atoms with Gasteiger partial charge in [0.1, 0.15) is 11.3 Å². The predicted molar refractivity (Wildman–Crippen MR) is 89.1 cm³/mol. The van der Waals surface area contributed by atoms with E-state index in [0.717, 1.165) is 35.3 Å². The summed E-state index contributed by atoms with van der Waals surface area (Å²) < 4.78 is 11.8. The van der Waals surface area contributed by atoms with Gasteiger partial charge in [0, 0.05) is 36.0 Å². The quantitative estimate of drug-likeness (QED) is 0.797. The highest BCUT2D eigenvalue weighted by molar-refractivity contribution is 5.78. The number of hydrogen-bond acceptors (Lipinski definition) is 4. The van der Waals surface area contributed by atoms with Gasteiger partial charge in [-0.15, -0.1) is 0 Å². The Morgan fingerprint density at radius 2 is 2.22 bits per heavy atom. The predicted octanol–water partition coefficient (Wildman–Crippen LogP) is 3.76. The zero-order chi connectivity index (χ0) is 15.6. The molecule has 0 amide bonds. The fourth-order valence-electron chi connectivity index (χ4n) is 3.21. The molecule has 2 atom stereocenters. The Labute approximate surface area is 135 Å². The number of nitrogens with zero attached hydrogens (tertiary/aromatic N) is 1. The lowest BCUT2D eigenvalue weighted by molar-refractivity contribution is 0.0979. The average Bonchev–Trinajstić information content (AvgIpc) is 3.19. The van der Waals surface area contributed by atoms with Crippen LogP contribution in [0.4, 0.5) is 0 Å². The van der Waals surface area contributed by atoms with E-state index in [4.69, 9.17) is 9.15 Å². The van der Waals surface area contributed by atoms with Crippen LogP contribution in [0.2, 0.25) is 0 Å². The molecule has 0 aliphatic carbocycles. The van der Waals surface area contributed by atoms with Crippen LogP contribution in [0.3, 0.4) is 0 Å². The molecule has 118 valence electrons. The first-order valence-electron chi connectivity index (χ1n) is 8.03. The van der Waals surface area contributed by atoms with E-state index in [9.17, 15) is 0 Å². The van der Waals surface area contributed by atoms with E-state index in [1.807, 2.05) is 18.3 Å². The highest BCUT2D eigenvalue weighted by Gasteiger charge is 2.29. The van der Waals surface area contributed by atoms with E-state index in [1.165, 1.54) is 5.56 Å². The molecule has 4 rings (SSSR count). The molecule has 1 aliphatic rings. The summed E-state index contributed by atoms with van der Waals surface area (Å²) in [5.74, 6) is 0.961. The minimum absolute atomic E-state index is 0.0651. The summed E-state index contributed by atoms with van der Waals surface area (Å²) in [4.78, 5) is 4.19. The summed E-state index contributed by atoms with van der Waals surface area (Å²) >= 11 is 0. The van der Waals surface area contributed by atoms with Gasteiger partial charge in [0.25, 0.3) is 0 Å². The number of hydrogen-bond donors (Lipinski definition) is 1. The monoisotopic (exact) mass is 308 g/mol. The molecule has 3 aromatic rings. The summed E-state index contributed by atoms with van der Waals surface area (Å²) in [6, 6.07) is 12.7. The van der Waals surface area contributed by atoms with Crippen LogP contribution in [0.5, 0.6) is 0 Å². The highest BCUT2D eigenvalue weighted by atomic mass is 16.5. The molecule has 1 fully saturated rings. The standard InChI is InChI=1S/C19H20N2O2/c1-13-4-5-18-15(9-13)10-16(23-18)12-21-17-6-8-22-19(17)14-3-2-7-20-11-14/h2-5,7,9-11,17,19,21H,6,8,12H2,1H3/t17-,19+/m0/s1. The number of aromatic nitrogens is 1. The lowest BCUT2D eigenvalue weighted by atomic mass is 10.0. The first kappa shape index (κ1) is 14.4. The molecule has 1 saturated heterocycles. The second-order valence-corrected chi connectivity index (χ2v) is 6.11. The Hall–Kier alpha value is -2.17. The highest BCUT2D eigenvalue weighted by Crippen LogP contribution is 2.29. The van der Waals surface area contributed by atoms with Crippen molar-refractivity contribution in [2.24, 2.45) is 0 Å². The second kappa shape index (κ2) is 6.14. The van der Waals surface area contributed by atoms with Gasteiger partial charge in [-0.2, -0.15) is 0 Å². The van der Waals surface area contributed by atoms with Crippen LogP contribution in [0, 0.1) is 6.92 Å². The normalized spacial score (nSPS) is 21.1. The lowest BCUT2D eigenvalue weighted by Gasteiger charge is -2.19. The third-order valence-electron chi connectivity index (χ3n) is 4.37. The van der Waals surface area contributed by atoms with Crippen molar-refractivity contribution in [1.82, 2.24) is 10.3 Å². The van der Waals surface area contributed by atoms with Crippen molar-refractivity contribution in [3.8, 4) is 0 Å². The summed E-state index contributed by atoms with van der Waals surface area (Å²) in [6.07, 6.45) is 4.74. The summed E-state index contributed by atoms with van der Waals surface area (Å²) in [5, 5.41) is 4.74. The lowest BCUT2D eigenvalue weighted by Crippen LogP contribution is -2.31. The average molecular weight is 308 g/mol. The molecule has 2 aromatic heterocycles. The van der Waals surface area contributed by atoms with E-state index in [0.29, 0.717) is 6.54 Å². The Kier molecular flexibility index (Phi) is 3.85. The van der Waals surface area contributed by atoms with Crippen LogP contribution in [0.25, 0.3) is 11.0 Å². The number of aryl methyl sites for hydroxylation is 1. The van der Waals surface area contributed by atoms with Gasteiger partial charge in [-0.25, -0.2) is 0 Å². The van der Waals surface area contributed by atoms with E-state index in [-0.39, 0.29) is 12.1 Å². The van der Waals surface area contributed by atoms with Crippen molar-refractivity contribution in [3.05, 3.63) is 65.7 Å². The first-order valence-corrected chi connectivity index (χ1v) is 8.03. The van der Waals surface area contributed by atoms with Crippen LogP contribution >= 0.6 is 0 Å². The molecule has 1 aliphatic heterocycles. The molecule has 1 N–H and O–H groups in total. The van der Waals surface area contributed by atoms with Crippen molar-refractivity contribution in [2.75, 3.05) is 6.61 Å². The fourth-order valence-corrected chi connectivity index (χ4v) is 3.21. The maximum absolute atomic E-state index is 5.91. The molecule has 0 spiro atoms. The van der Waals surface area contributed by atoms with Crippen molar-refractivity contribution >= 4 is 11.0 Å². The molecular formula is C19H20N2O2. The molecule has 3 heterocycles. The van der Waals surface area contributed by atoms with E-state index >= 15 is 0 Å². The Bertz CT molecular complexity index is 797. The maximum atomic E-state index is 5.91. The zero-order valence-corrected chi connectivity index (χ0v) is 13.2. The molecule has 4 nitrogen and oxygen atoms in total. The number of rotatable bonds is 4. The summed E-state index contributed by atoms with van der Waals surface area (Å²) in [7, 11) is 0. The molecule has 23 heavy (non-hydrogen) atoms. The van der Waals surface area contributed by atoms with Crippen LogP contribution < -0.4 is 5.32 Å². The Balaban J connectivity index is 1.47. The summed E-state index contributed by atoms with van der Waals surface area (Å²) in [6.45, 7) is 3.58. The smallest absolute Gasteiger partial charge is 0.134 e. The van der Waals surface area contributed by atoms with Gasteiger partial charge in [-0.05, 0) is 37.6 Å². The van der Waals surface area contributed by atoms with Gasteiger partial charge in [0.05, 0.1) is 12.6 Å². The largest absolute Gasteiger partial charge is 0.460 e. The fraction of sp³-hybridized carbons (Fsp3) is 0.316. The molecule has 1 aromatic carbocycles. The minimum Gasteiger partial charge on any atom is -0.460 e. The van der Waals surface area contributed by atoms with Gasteiger partial charge in [0.15, 0.2) is 0 Å². The number of benzene rings is 1. The molecule has 0 saturated carbocycles. The number of furan rings is 1. The van der Waals surface area contributed by atoms with Crippen molar-refractivity contribution in [3.63, 3.8) is 0 Å². The summed E-state index contributed by atoms with van der Waals surface area (Å²) in [5.41, 5.74) is 3.32. The first-order chi connectivity index (χ1) is 11.3. The SMILES string of the molecule is Cc1ccc2oc(CN[C@H]3CCO[C@@H]3c3cccnc3)cc2c1. The third kappa shape index (κ3) is 3.00. The van der Waals surface area contributed by atoms with Crippen LogP contribution in [0.15, 0.2) is 53.2 Å². The zero-order valence-electron chi connectivity index (χ0n) is 13.2. The van der Waals surface area contributed by atoms with Crippen molar-refractivity contribution in [2.45, 2.75) is 32.0 Å². The second-order valence-electron chi connectivity index (χ2n) is 6.11. The van der Waals surface area contributed by atoms with Gasteiger partial charge in [0.2, 0.25) is 0 Å². The van der Waals surface area contributed by atoms with Gasteiger partial charge >= 0.3 is 0 Å². The van der Waals surface area contributed by atoms with Crippen LogP contribution in [-0.4, -0.2) is 17.6 Å².